The summed E-state index contributed by atoms with van der Waals surface area (Å²) in [6, 6.07) is 14.4. The van der Waals surface area contributed by atoms with Crippen molar-refractivity contribution in [3.05, 3.63) is 77.4 Å². The molecule has 0 spiro atoms. The Balaban J connectivity index is 1.68. The summed E-state index contributed by atoms with van der Waals surface area (Å²) >= 11 is 2.92. The molecule has 6 heteroatoms. The molecule has 0 bridgehead atoms. The van der Waals surface area contributed by atoms with Crippen molar-refractivity contribution in [3.63, 3.8) is 0 Å². The quantitative estimate of drug-likeness (QED) is 0.278. The van der Waals surface area contributed by atoms with Gasteiger partial charge in [0.2, 0.25) is 0 Å². The van der Waals surface area contributed by atoms with Crippen molar-refractivity contribution < 1.29 is 22.3 Å². The Morgan fingerprint density at radius 3 is 2.20 bits per heavy atom. The molecule has 1 nitrogen and oxygen atoms in total. The van der Waals surface area contributed by atoms with Crippen molar-refractivity contribution in [1.82, 2.24) is 0 Å². The van der Waals surface area contributed by atoms with Crippen molar-refractivity contribution >= 4 is 15.9 Å². The molecular formula is C24H19BrF4O. The van der Waals surface area contributed by atoms with Gasteiger partial charge in [-0.25, -0.2) is 8.78 Å². The maximum Gasteiger partial charge on any atom is 0.411 e. The fourth-order valence-electron chi connectivity index (χ4n) is 3.68. The fraction of sp³-hybridized carbons (Fsp3) is 0.250. The second-order valence-electron chi connectivity index (χ2n) is 7.42. The van der Waals surface area contributed by atoms with Crippen LogP contribution in [-0.2, 0) is 12.8 Å². The molecule has 30 heavy (non-hydrogen) atoms. The summed E-state index contributed by atoms with van der Waals surface area (Å²) in [4.78, 5) is -1.21. The molecule has 1 unspecified atom stereocenters. The van der Waals surface area contributed by atoms with Gasteiger partial charge in [-0.3, -0.25) is 0 Å². The zero-order valence-electron chi connectivity index (χ0n) is 16.2. The number of hydrogen-bond donors (Lipinski definition) is 0. The highest BCUT2D eigenvalue weighted by Crippen LogP contribution is 2.41. The molecule has 0 fully saturated rings. The topological polar surface area (TPSA) is 9.23 Å². The van der Waals surface area contributed by atoms with Gasteiger partial charge in [0.05, 0.1) is 5.56 Å². The minimum absolute atomic E-state index is 0.0123. The van der Waals surface area contributed by atoms with E-state index in [9.17, 15) is 17.6 Å². The van der Waals surface area contributed by atoms with E-state index in [1.807, 2.05) is 24.3 Å². The highest BCUT2D eigenvalue weighted by atomic mass is 79.9. The van der Waals surface area contributed by atoms with Gasteiger partial charge in [-0.2, -0.15) is 8.78 Å². The van der Waals surface area contributed by atoms with E-state index in [0.717, 1.165) is 18.4 Å². The third-order valence-electron chi connectivity index (χ3n) is 5.23. The largest absolute Gasteiger partial charge is 0.431 e. The maximum atomic E-state index is 14.9. The SMILES string of the molecule is CCCc1ccc(-c2cc(F)c(-c3ccc4c(c3)CC(Br)C(F)(F)O4)c(F)c2)cc1. The Morgan fingerprint density at radius 1 is 0.933 bits per heavy atom. The zero-order valence-corrected chi connectivity index (χ0v) is 17.8. The molecule has 0 N–H and O–H groups in total. The molecule has 0 saturated carbocycles. The van der Waals surface area contributed by atoms with E-state index in [1.165, 1.54) is 35.9 Å². The van der Waals surface area contributed by atoms with Crippen LogP contribution in [0.4, 0.5) is 17.6 Å². The van der Waals surface area contributed by atoms with E-state index in [-0.39, 0.29) is 23.3 Å². The number of aryl methyl sites for hydroxylation is 1. The van der Waals surface area contributed by atoms with Gasteiger partial charge >= 0.3 is 6.11 Å². The van der Waals surface area contributed by atoms with Crippen LogP contribution in [-0.4, -0.2) is 10.9 Å². The van der Waals surface area contributed by atoms with Gasteiger partial charge in [0.1, 0.15) is 22.2 Å². The van der Waals surface area contributed by atoms with Crippen molar-refractivity contribution in [1.29, 1.82) is 0 Å². The Hall–Kier alpha value is -2.34. The summed E-state index contributed by atoms with van der Waals surface area (Å²) in [5.41, 5.74) is 2.90. The third kappa shape index (κ3) is 3.97. The minimum Gasteiger partial charge on any atom is -0.431 e. The lowest BCUT2D eigenvalue weighted by Gasteiger charge is -2.29. The highest BCUT2D eigenvalue weighted by molar-refractivity contribution is 9.09. The van der Waals surface area contributed by atoms with Crippen LogP contribution in [0.3, 0.4) is 0 Å². The Labute approximate surface area is 180 Å². The van der Waals surface area contributed by atoms with Gasteiger partial charge in [-0.15, -0.1) is 0 Å². The predicted octanol–water partition coefficient (Wildman–Crippen LogP) is 7.54. The fourth-order valence-corrected chi connectivity index (χ4v) is 4.13. The van der Waals surface area contributed by atoms with Crippen LogP contribution in [0, 0.1) is 11.6 Å². The van der Waals surface area contributed by atoms with Crippen LogP contribution in [0.2, 0.25) is 0 Å². The van der Waals surface area contributed by atoms with Gasteiger partial charge < -0.3 is 4.74 Å². The maximum absolute atomic E-state index is 14.9. The first kappa shape index (κ1) is 20.9. The molecule has 0 radical (unpaired) electrons. The summed E-state index contributed by atoms with van der Waals surface area (Å²) in [6.07, 6.45) is -1.37. The van der Waals surface area contributed by atoms with Crippen molar-refractivity contribution in [2.75, 3.05) is 0 Å². The molecule has 0 saturated heterocycles. The number of fused-ring (bicyclic) bond motifs is 1. The molecule has 1 atom stereocenters. The van der Waals surface area contributed by atoms with Gasteiger partial charge in [-0.1, -0.05) is 59.6 Å². The summed E-state index contributed by atoms with van der Waals surface area (Å²) < 4.78 is 62.0. The highest BCUT2D eigenvalue weighted by Gasteiger charge is 2.45. The molecule has 1 aliphatic heterocycles. The smallest absolute Gasteiger partial charge is 0.411 e. The number of hydrogen-bond acceptors (Lipinski definition) is 1. The van der Waals surface area contributed by atoms with Crippen LogP contribution in [0.25, 0.3) is 22.3 Å². The lowest BCUT2D eigenvalue weighted by atomic mass is 9.95. The van der Waals surface area contributed by atoms with Crippen LogP contribution >= 0.6 is 15.9 Å². The first-order valence-corrected chi connectivity index (χ1v) is 10.6. The normalized spacial score (nSPS) is 17.3. The minimum atomic E-state index is -3.33. The van der Waals surface area contributed by atoms with E-state index in [2.05, 4.69) is 22.9 Å². The zero-order chi connectivity index (χ0) is 21.5. The van der Waals surface area contributed by atoms with Crippen molar-refractivity contribution in [3.8, 4) is 28.0 Å². The van der Waals surface area contributed by atoms with E-state index in [0.29, 0.717) is 11.1 Å². The molecular weight excluding hydrogens is 460 g/mol. The van der Waals surface area contributed by atoms with Gasteiger partial charge in [0.25, 0.3) is 0 Å². The first-order chi connectivity index (χ1) is 14.3. The van der Waals surface area contributed by atoms with E-state index in [1.54, 1.807) is 0 Å². The lowest BCUT2D eigenvalue weighted by Crippen LogP contribution is -2.40. The number of alkyl halides is 3. The van der Waals surface area contributed by atoms with Crippen LogP contribution in [0.15, 0.2) is 54.6 Å². The number of benzene rings is 3. The predicted molar refractivity (Wildman–Crippen MR) is 113 cm³/mol. The molecule has 0 aliphatic carbocycles. The monoisotopic (exact) mass is 478 g/mol. The first-order valence-electron chi connectivity index (χ1n) is 9.71. The standard InChI is InChI=1S/C24H19BrF4O/c1-2-3-14-4-6-15(7-5-14)17-11-19(26)23(20(27)12-17)16-8-9-21-18(10-16)13-22(25)24(28,29)30-21/h4-12,22H,2-3,13H2,1H3. The van der Waals surface area contributed by atoms with Gasteiger partial charge in [0.15, 0.2) is 0 Å². The van der Waals surface area contributed by atoms with E-state index in [4.69, 9.17) is 4.74 Å². The molecule has 0 amide bonds. The van der Waals surface area contributed by atoms with Crippen LogP contribution in [0.1, 0.15) is 24.5 Å². The number of halogens is 5. The average Bonchev–Trinajstić information content (AvgIpc) is 2.69. The van der Waals surface area contributed by atoms with Crippen LogP contribution in [0.5, 0.6) is 5.75 Å². The molecule has 3 aromatic carbocycles. The van der Waals surface area contributed by atoms with Crippen molar-refractivity contribution in [2.24, 2.45) is 0 Å². The van der Waals surface area contributed by atoms with E-state index >= 15 is 0 Å². The summed E-state index contributed by atoms with van der Waals surface area (Å²) in [7, 11) is 0. The third-order valence-corrected chi connectivity index (χ3v) is 6.08. The molecule has 1 heterocycles. The molecule has 4 rings (SSSR count). The molecule has 156 valence electrons. The van der Waals surface area contributed by atoms with Gasteiger partial charge in [0, 0.05) is 0 Å². The molecule has 0 aromatic heterocycles. The second kappa shape index (κ2) is 8.06. The number of ether oxygens (including phenoxy) is 1. The summed E-state index contributed by atoms with van der Waals surface area (Å²) in [6.45, 7) is 2.09. The van der Waals surface area contributed by atoms with Crippen molar-refractivity contribution in [2.45, 2.75) is 37.1 Å². The Kier molecular flexibility index (Phi) is 5.62. The average molecular weight is 479 g/mol. The lowest BCUT2D eigenvalue weighted by molar-refractivity contribution is -0.180. The molecule has 3 aromatic rings. The second-order valence-corrected chi connectivity index (χ2v) is 8.53. The summed E-state index contributed by atoms with van der Waals surface area (Å²) in [5, 5.41) is 0. The number of rotatable bonds is 4. The van der Waals surface area contributed by atoms with E-state index < -0.39 is 22.6 Å². The molecule has 1 aliphatic rings. The van der Waals surface area contributed by atoms with Gasteiger partial charge in [-0.05, 0) is 64.9 Å². The Bertz CT molecular complexity index is 1060. The summed E-state index contributed by atoms with van der Waals surface area (Å²) in [5.74, 6) is -1.40. The Morgan fingerprint density at radius 2 is 1.57 bits per heavy atom. The van der Waals surface area contributed by atoms with Crippen LogP contribution < -0.4 is 4.74 Å².